The molecule has 1 N–H and O–H groups in total. The molecule has 0 spiro atoms. The summed E-state index contributed by atoms with van der Waals surface area (Å²) in [4.78, 5) is 10.9. The Bertz CT molecular complexity index is 209. The first-order valence-corrected chi connectivity index (χ1v) is 6.14. The molecule has 1 aliphatic rings. The number of hydrogen-bond donors (Lipinski definition) is 1. The summed E-state index contributed by atoms with van der Waals surface area (Å²) < 4.78 is 0. The standard InChI is InChI=1S/C13H25NO/c1-10(15)14-12-7-5-11(6-8-12)9-13(2,3)4/h11-12H,5-9H2,1-4H3,(H,14,15). The van der Waals surface area contributed by atoms with Gasteiger partial charge in [-0.2, -0.15) is 0 Å². The molecular formula is C13H25NO. The van der Waals surface area contributed by atoms with Crippen molar-refractivity contribution in [2.45, 2.75) is 65.8 Å². The summed E-state index contributed by atoms with van der Waals surface area (Å²) in [6.45, 7) is 8.55. The minimum atomic E-state index is 0.120. The van der Waals surface area contributed by atoms with E-state index in [-0.39, 0.29) is 5.91 Å². The second-order valence-corrected chi connectivity index (χ2v) is 6.18. The molecule has 0 aromatic carbocycles. The molecule has 2 nitrogen and oxygen atoms in total. The fourth-order valence-corrected chi connectivity index (χ4v) is 2.66. The van der Waals surface area contributed by atoms with Gasteiger partial charge in [-0.25, -0.2) is 0 Å². The molecule has 1 amide bonds. The molecule has 1 rings (SSSR count). The summed E-state index contributed by atoms with van der Waals surface area (Å²) in [5, 5.41) is 3.03. The van der Waals surface area contributed by atoms with Gasteiger partial charge in [-0.15, -0.1) is 0 Å². The van der Waals surface area contributed by atoms with E-state index in [2.05, 4.69) is 26.1 Å². The summed E-state index contributed by atoms with van der Waals surface area (Å²) >= 11 is 0. The van der Waals surface area contributed by atoms with Gasteiger partial charge in [0.2, 0.25) is 5.91 Å². The van der Waals surface area contributed by atoms with Crippen LogP contribution in [0.1, 0.15) is 59.8 Å². The topological polar surface area (TPSA) is 29.1 Å². The highest BCUT2D eigenvalue weighted by Gasteiger charge is 2.25. The van der Waals surface area contributed by atoms with Crippen LogP contribution >= 0.6 is 0 Å². The van der Waals surface area contributed by atoms with Crippen LogP contribution in [0.4, 0.5) is 0 Å². The maximum Gasteiger partial charge on any atom is 0.217 e. The van der Waals surface area contributed by atoms with Crippen molar-refractivity contribution in [3.05, 3.63) is 0 Å². The molecule has 1 aliphatic carbocycles. The van der Waals surface area contributed by atoms with Gasteiger partial charge in [-0.05, 0) is 43.4 Å². The largest absolute Gasteiger partial charge is 0.354 e. The average Bonchev–Trinajstić information content (AvgIpc) is 2.05. The zero-order valence-corrected chi connectivity index (χ0v) is 10.6. The zero-order valence-electron chi connectivity index (χ0n) is 10.6. The predicted octanol–water partition coefficient (Wildman–Crippen LogP) is 3.12. The summed E-state index contributed by atoms with van der Waals surface area (Å²) in [5.41, 5.74) is 0.450. The Labute approximate surface area is 93.8 Å². The van der Waals surface area contributed by atoms with Crippen LogP contribution in [-0.4, -0.2) is 11.9 Å². The molecule has 2 heteroatoms. The van der Waals surface area contributed by atoms with Crippen molar-refractivity contribution < 1.29 is 4.79 Å². The van der Waals surface area contributed by atoms with E-state index < -0.39 is 0 Å². The van der Waals surface area contributed by atoms with Crippen LogP contribution in [0.25, 0.3) is 0 Å². The van der Waals surface area contributed by atoms with Gasteiger partial charge in [-0.3, -0.25) is 4.79 Å². The third-order valence-corrected chi connectivity index (χ3v) is 3.16. The molecule has 0 bridgehead atoms. The van der Waals surface area contributed by atoms with Crippen LogP contribution in [0.3, 0.4) is 0 Å². The minimum Gasteiger partial charge on any atom is -0.354 e. The van der Waals surface area contributed by atoms with Crippen LogP contribution in [0.2, 0.25) is 0 Å². The molecular weight excluding hydrogens is 186 g/mol. The number of carbonyl (C=O) groups is 1. The Kier molecular flexibility index (Phi) is 4.18. The minimum absolute atomic E-state index is 0.120. The van der Waals surface area contributed by atoms with Crippen molar-refractivity contribution in [3.8, 4) is 0 Å². The summed E-state index contributed by atoms with van der Waals surface area (Å²) in [5.74, 6) is 0.990. The SMILES string of the molecule is CC(=O)NC1CCC(CC(C)(C)C)CC1. The third kappa shape index (κ3) is 5.19. The van der Waals surface area contributed by atoms with Crippen molar-refractivity contribution in [2.75, 3.05) is 0 Å². The van der Waals surface area contributed by atoms with E-state index in [4.69, 9.17) is 0 Å². The summed E-state index contributed by atoms with van der Waals surface area (Å²) in [6.07, 6.45) is 6.21. The van der Waals surface area contributed by atoms with E-state index >= 15 is 0 Å². The van der Waals surface area contributed by atoms with E-state index in [9.17, 15) is 4.79 Å². The van der Waals surface area contributed by atoms with E-state index in [1.807, 2.05) is 0 Å². The molecule has 88 valence electrons. The lowest BCUT2D eigenvalue weighted by Crippen LogP contribution is -2.36. The van der Waals surface area contributed by atoms with Crippen molar-refractivity contribution in [3.63, 3.8) is 0 Å². The third-order valence-electron chi connectivity index (χ3n) is 3.16. The fraction of sp³-hybridized carbons (Fsp3) is 0.923. The lowest BCUT2D eigenvalue weighted by atomic mass is 9.76. The number of amides is 1. The first-order valence-electron chi connectivity index (χ1n) is 6.14. The predicted molar refractivity (Wildman–Crippen MR) is 63.6 cm³/mol. The Hall–Kier alpha value is -0.530. The van der Waals surface area contributed by atoms with Crippen LogP contribution in [0.15, 0.2) is 0 Å². The van der Waals surface area contributed by atoms with Gasteiger partial charge >= 0.3 is 0 Å². The second-order valence-electron chi connectivity index (χ2n) is 6.18. The lowest BCUT2D eigenvalue weighted by Gasteiger charge is -2.32. The number of nitrogens with one attached hydrogen (secondary N) is 1. The number of carbonyl (C=O) groups excluding carboxylic acids is 1. The summed E-state index contributed by atoms with van der Waals surface area (Å²) in [6, 6.07) is 0.443. The number of rotatable bonds is 2. The van der Waals surface area contributed by atoms with E-state index in [0.717, 1.165) is 5.92 Å². The molecule has 1 saturated carbocycles. The molecule has 1 fully saturated rings. The zero-order chi connectivity index (χ0) is 11.5. The Morgan fingerprint density at radius 1 is 1.20 bits per heavy atom. The molecule has 0 aromatic heterocycles. The lowest BCUT2D eigenvalue weighted by molar-refractivity contribution is -0.119. The van der Waals surface area contributed by atoms with Gasteiger partial charge in [0.15, 0.2) is 0 Å². The van der Waals surface area contributed by atoms with Gasteiger partial charge < -0.3 is 5.32 Å². The molecule has 0 radical (unpaired) electrons. The Morgan fingerprint density at radius 3 is 2.13 bits per heavy atom. The highest BCUT2D eigenvalue weighted by Crippen LogP contribution is 2.34. The molecule has 0 heterocycles. The normalized spacial score (nSPS) is 27.5. The van der Waals surface area contributed by atoms with Crippen molar-refractivity contribution >= 4 is 5.91 Å². The monoisotopic (exact) mass is 211 g/mol. The van der Waals surface area contributed by atoms with Crippen LogP contribution in [0.5, 0.6) is 0 Å². The van der Waals surface area contributed by atoms with E-state index in [1.165, 1.54) is 32.1 Å². The van der Waals surface area contributed by atoms with Gasteiger partial charge in [0.05, 0.1) is 0 Å². The molecule has 0 aliphatic heterocycles. The van der Waals surface area contributed by atoms with Crippen molar-refractivity contribution in [1.29, 1.82) is 0 Å². The molecule has 0 unspecified atom stereocenters. The van der Waals surface area contributed by atoms with Crippen molar-refractivity contribution in [2.24, 2.45) is 11.3 Å². The fourth-order valence-electron chi connectivity index (χ4n) is 2.66. The second kappa shape index (κ2) is 5.00. The summed E-state index contributed by atoms with van der Waals surface area (Å²) in [7, 11) is 0. The van der Waals surface area contributed by atoms with Crippen LogP contribution < -0.4 is 5.32 Å². The molecule has 0 aromatic rings. The smallest absolute Gasteiger partial charge is 0.217 e. The quantitative estimate of drug-likeness (QED) is 0.747. The number of hydrogen-bond acceptors (Lipinski definition) is 1. The highest BCUT2D eigenvalue weighted by atomic mass is 16.1. The van der Waals surface area contributed by atoms with Crippen molar-refractivity contribution in [1.82, 2.24) is 5.32 Å². The first kappa shape index (κ1) is 12.5. The first-order chi connectivity index (χ1) is 6.87. The molecule has 0 atom stereocenters. The van der Waals surface area contributed by atoms with Gasteiger partial charge in [0.1, 0.15) is 0 Å². The van der Waals surface area contributed by atoms with Gasteiger partial charge in [0.25, 0.3) is 0 Å². The van der Waals surface area contributed by atoms with Gasteiger partial charge in [-0.1, -0.05) is 20.8 Å². The Morgan fingerprint density at radius 2 is 1.73 bits per heavy atom. The van der Waals surface area contributed by atoms with Crippen LogP contribution in [-0.2, 0) is 4.79 Å². The molecule has 0 saturated heterocycles. The van der Waals surface area contributed by atoms with Gasteiger partial charge in [0, 0.05) is 13.0 Å². The van der Waals surface area contributed by atoms with Crippen LogP contribution in [0, 0.1) is 11.3 Å². The molecule has 15 heavy (non-hydrogen) atoms. The average molecular weight is 211 g/mol. The van der Waals surface area contributed by atoms with E-state index in [0.29, 0.717) is 11.5 Å². The maximum atomic E-state index is 10.9. The van der Waals surface area contributed by atoms with E-state index in [1.54, 1.807) is 6.92 Å². The maximum absolute atomic E-state index is 10.9. The Balaban J connectivity index is 2.27. The highest BCUT2D eigenvalue weighted by molar-refractivity contribution is 5.73.